The summed E-state index contributed by atoms with van der Waals surface area (Å²) in [4.78, 5) is 24.2. The zero-order valence-corrected chi connectivity index (χ0v) is 13.3. The molecule has 6 nitrogen and oxygen atoms in total. The maximum absolute atomic E-state index is 12.2. The minimum atomic E-state index is -1.22. The first-order chi connectivity index (χ1) is 11.0. The van der Waals surface area contributed by atoms with Gasteiger partial charge in [-0.25, -0.2) is 0 Å². The molecule has 0 aliphatic heterocycles. The van der Waals surface area contributed by atoms with Gasteiger partial charge in [0.05, 0.1) is 25.9 Å². The highest BCUT2D eigenvalue weighted by molar-refractivity contribution is 5.99. The summed E-state index contributed by atoms with van der Waals surface area (Å²) in [6, 6.07) is 10.4. The van der Waals surface area contributed by atoms with Crippen LogP contribution in [0.5, 0.6) is 5.75 Å². The van der Waals surface area contributed by atoms with Gasteiger partial charge in [-0.05, 0) is 31.5 Å². The molecule has 0 aromatic heterocycles. The molecule has 1 rings (SSSR count). The first kappa shape index (κ1) is 18.2. The smallest absolute Gasteiger partial charge is 0.317 e. The van der Waals surface area contributed by atoms with E-state index in [0.717, 1.165) is 0 Å². The van der Waals surface area contributed by atoms with E-state index in [2.05, 4.69) is 0 Å². The summed E-state index contributed by atoms with van der Waals surface area (Å²) in [6.45, 7) is 2.99. The number of nitrogens with zero attached hydrogens (tertiary/aromatic N) is 2. The van der Waals surface area contributed by atoms with E-state index in [0.29, 0.717) is 11.3 Å². The van der Waals surface area contributed by atoms with E-state index < -0.39 is 29.5 Å². The highest BCUT2D eigenvalue weighted by Gasteiger charge is 2.40. The van der Waals surface area contributed by atoms with Crippen molar-refractivity contribution in [1.82, 2.24) is 0 Å². The maximum atomic E-state index is 12.2. The Morgan fingerprint density at radius 3 is 2.39 bits per heavy atom. The fourth-order valence-corrected chi connectivity index (χ4v) is 2.41. The van der Waals surface area contributed by atoms with Gasteiger partial charge in [-0.3, -0.25) is 9.59 Å². The molecule has 0 bridgehead atoms. The molecular weight excluding hydrogens is 296 g/mol. The number of esters is 1. The normalized spacial score (nSPS) is 12.6. The second-order valence-electron chi connectivity index (χ2n) is 4.88. The number of ketones is 1. The summed E-state index contributed by atoms with van der Waals surface area (Å²) >= 11 is 0. The van der Waals surface area contributed by atoms with Crippen molar-refractivity contribution in [3.8, 4) is 17.9 Å². The van der Waals surface area contributed by atoms with Gasteiger partial charge in [-0.1, -0.05) is 12.1 Å². The topological polar surface area (TPSA) is 100 Å². The lowest BCUT2D eigenvalue weighted by Crippen LogP contribution is -2.33. The standard InChI is InChI=1S/C17H18N2O4/c1-4-23-17(21)15(11(2)20)16(13(9-18)10-19)12-6-5-7-14(8-12)22-3/h5-8,13,15-16H,4H2,1-3H3/t15-,16+/m1/s1. The van der Waals surface area contributed by atoms with Crippen LogP contribution in [0.2, 0.25) is 0 Å². The van der Waals surface area contributed by atoms with E-state index in [-0.39, 0.29) is 6.61 Å². The van der Waals surface area contributed by atoms with Crippen molar-refractivity contribution >= 4 is 11.8 Å². The van der Waals surface area contributed by atoms with Crippen LogP contribution in [-0.2, 0) is 14.3 Å². The van der Waals surface area contributed by atoms with Crippen LogP contribution in [0.1, 0.15) is 25.3 Å². The Morgan fingerprint density at radius 2 is 1.91 bits per heavy atom. The van der Waals surface area contributed by atoms with E-state index in [9.17, 15) is 20.1 Å². The monoisotopic (exact) mass is 314 g/mol. The average Bonchev–Trinajstić information content (AvgIpc) is 2.54. The lowest BCUT2D eigenvalue weighted by molar-refractivity contribution is -0.152. The van der Waals surface area contributed by atoms with Gasteiger partial charge in [-0.2, -0.15) is 10.5 Å². The van der Waals surface area contributed by atoms with Gasteiger partial charge in [0.15, 0.2) is 0 Å². The molecule has 120 valence electrons. The lowest BCUT2D eigenvalue weighted by atomic mass is 9.76. The summed E-state index contributed by atoms with van der Waals surface area (Å²) in [5, 5.41) is 18.5. The van der Waals surface area contributed by atoms with Crippen molar-refractivity contribution < 1.29 is 19.1 Å². The molecule has 23 heavy (non-hydrogen) atoms. The van der Waals surface area contributed by atoms with E-state index in [1.54, 1.807) is 31.2 Å². The minimum absolute atomic E-state index is 0.108. The molecular formula is C17H18N2O4. The third kappa shape index (κ3) is 4.31. The van der Waals surface area contributed by atoms with Crippen LogP contribution in [0.4, 0.5) is 0 Å². The predicted octanol–water partition coefficient (Wildman–Crippen LogP) is 2.21. The molecule has 6 heteroatoms. The molecule has 0 unspecified atom stereocenters. The van der Waals surface area contributed by atoms with E-state index in [1.165, 1.54) is 14.0 Å². The number of ether oxygens (including phenoxy) is 2. The van der Waals surface area contributed by atoms with Gasteiger partial charge in [-0.15, -0.1) is 0 Å². The number of benzene rings is 1. The third-order valence-electron chi connectivity index (χ3n) is 3.45. The van der Waals surface area contributed by atoms with Crippen LogP contribution in [0.25, 0.3) is 0 Å². The Hall–Kier alpha value is -2.86. The molecule has 0 aliphatic carbocycles. The number of hydrogen-bond acceptors (Lipinski definition) is 6. The SMILES string of the molecule is CCOC(=O)[C@H](C(C)=O)[C@@H](c1cccc(OC)c1)C(C#N)C#N. The molecule has 0 radical (unpaired) electrons. The molecule has 0 saturated heterocycles. The largest absolute Gasteiger partial charge is 0.497 e. The van der Waals surface area contributed by atoms with Gasteiger partial charge in [0, 0.05) is 5.92 Å². The van der Waals surface area contributed by atoms with Gasteiger partial charge in [0.2, 0.25) is 0 Å². The van der Waals surface area contributed by atoms with Gasteiger partial charge in [0.25, 0.3) is 0 Å². The summed E-state index contributed by atoms with van der Waals surface area (Å²) in [5.41, 5.74) is 0.505. The summed E-state index contributed by atoms with van der Waals surface area (Å²) in [5.74, 6) is -3.98. The zero-order valence-electron chi connectivity index (χ0n) is 13.3. The Balaban J connectivity index is 3.44. The average molecular weight is 314 g/mol. The first-order valence-electron chi connectivity index (χ1n) is 7.10. The van der Waals surface area contributed by atoms with E-state index >= 15 is 0 Å². The molecule has 2 atom stereocenters. The number of methoxy groups -OCH3 is 1. The van der Waals surface area contributed by atoms with Crippen LogP contribution >= 0.6 is 0 Å². The second kappa shape index (κ2) is 8.55. The number of hydrogen-bond donors (Lipinski definition) is 0. The van der Waals surface area contributed by atoms with Crippen molar-refractivity contribution in [2.45, 2.75) is 19.8 Å². The van der Waals surface area contributed by atoms with Crippen LogP contribution in [0.3, 0.4) is 0 Å². The molecule has 0 heterocycles. The summed E-state index contributed by atoms with van der Waals surface area (Å²) < 4.78 is 10.1. The van der Waals surface area contributed by atoms with Crippen molar-refractivity contribution in [1.29, 1.82) is 10.5 Å². The van der Waals surface area contributed by atoms with Crippen molar-refractivity contribution in [3.63, 3.8) is 0 Å². The number of Topliss-reactive ketones (excluding diaryl/α,β-unsaturated/α-hetero) is 1. The Bertz CT molecular complexity index is 643. The molecule has 0 amide bonds. The van der Waals surface area contributed by atoms with E-state index in [1.807, 2.05) is 12.1 Å². The number of rotatable bonds is 7. The highest BCUT2D eigenvalue weighted by Crippen LogP contribution is 2.35. The van der Waals surface area contributed by atoms with E-state index in [4.69, 9.17) is 9.47 Å². The molecule has 0 aliphatic rings. The third-order valence-corrected chi connectivity index (χ3v) is 3.45. The van der Waals surface area contributed by atoms with Crippen LogP contribution in [0.15, 0.2) is 24.3 Å². The molecule has 1 aromatic carbocycles. The number of carbonyl (C=O) groups excluding carboxylic acids is 2. The second-order valence-corrected chi connectivity index (χ2v) is 4.88. The van der Waals surface area contributed by atoms with Crippen molar-refractivity contribution in [3.05, 3.63) is 29.8 Å². The van der Waals surface area contributed by atoms with Crippen LogP contribution < -0.4 is 4.74 Å². The fourth-order valence-electron chi connectivity index (χ4n) is 2.41. The van der Waals surface area contributed by atoms with Crippen molar-refractivity contribution in [2.75, 3.05) is 13.7 Å². The van der Waals surface area contributed by atoms with Crippen molar-refractivity contribution in [2.24, 2.45) is 11.8 Å². The Morgan fingerprint density at radius 1 is 1.26 bits per heavy atom. The minimum Gasteiger partial charge on any atom is -0.497 e. The highest BCUT2D eigenvalue weighted by atomic mass is 16.5. The van der Waals surface area contributed by atoms with Crippen LogP contribution in [0, 0.1) is 34.5 Å². The molecule has 1 aromatic rings. The molecule has 0 spiro atoms. The molecule has 0 N–H and O–H groups in total. The molecule has 0 fully saturated rings. The maximum Gasteiger partial charge on any atom is 0.317 e. The molecule has 0 saturated carbocycles. The predicted molar refractivity (Wildman–Crippen MR) is 81.3 cm³/mol. The number of carbonyl (C=O) groups is 2. The summed E-state index contributed by atoms with van der Waals surface area (Å²) in [7, 11) is 1.48. The summed E-state index contributed by atoms with van der Waals surface area (Å²) in [6.07, 6.45) is 0. The van der Waals surface area contributed by atoms with Gasteiger partial charge in [0.1, 0.15) is 23.4 Å². The lowest BCUT2D eigenvalue weighted by Gasteiger charge is -2.25. The van der Waals surface area contributed by atoms with Gasteiger partial charge >= 0.3 is 5.97 Å². The first-order valence-corrected chi connectivity index (χ1v) is 7.10. The zero-order chi connectivity index (χ0) is 17.4. The van der Waals surface area contributed by atoms with Crippen LogP contribution in [-0.4, -0.2) is 25.5 Å². The quantitative estimate of drug-likeness (QED) is 0.565. The van der Waals surface area contributed by atoms with Gasteiger partial charge < -0.3 is 9.47 Å². The number of nitriles is 2. The Labute approximate surface area is 135 Å². The fraction of sp³-hybridized carbons (Fsp3) is 0.412. The Kier molecular flexibility index (Phi) is 6.76.